The Morgan fingerprint density at radius 1 is 0.636 bits per heavy atom. The summed E-state index contributed by atoms with van der Waals surface area (Å²) in [5.74, 6) is -3.33. The van der Waals surface area contributed by atoms with Gasteiger partial charge in [-0.1, -0.05) is 0 Å². The first-order valence-electron chi connectivity index (χ1n) is 5.03. The molecule has 8 N–H and O–H groups in total. The van der Waals surface area contributed by atoms with Crippen LogP contribution in [0.1, 0.15) is 27.7 Å². The van der Waals surface area contributed by atoms with Crippen molar-refractivity contribution in [1.29, 1.82) is 0 Å². The average molecular weight is 395 g/mol. The van der Waals surface area contributed by atoms with Crippen LogP contribution in [0.3, 0.4) is 0 Å². The predicted octanol–water partition coefficient (Wildman–Crippen LogP) is -3.73. The molecule has 0 amide bonds. The largest absolute Gasteiger partial charge is 3.00 e. The summed E-state index contributed by atoms with van der Waals surface area (Å²) in [6.07, 6.45) is 0. The van der Waals surface area contributed by atoms with Gasteiger partial charge in [-0.2, -0.15) is 0 Å². The number of rotatable bonds is 1. The number of carboxylic acid groups (broad SMARTS) is 4. The topological polar surface area (TPSA) is 201 Å². The third-order valence-corrected chi connectivity index (χ3v) is 0.167. The first-order chi connectivity index (χ1) is 8.84. The molecule has 0 atom stereocenters. The Balaban J connectivity index is -0.0000000250. The third kappa shape index (κ3) is 7850. The van der Waals surface area contributed by atoms with E-state index in [4.69, 9.17) is 51.1 Å². The molecule has 0 rings (SSSR count). The summed E-state index contributed by atoms with van der Waals surface area (Å²) < 4.78 is 0. The SMILES string of the molecule is CC(=O)O.CC(=O)O.CC(=O)O.CC(=O)O.NCCN.[Fe+3].[K+]. The summed E-state index contributed by atoms with van der Waals surface area (Å²) in [5, 5.41) is 29.7. The van der Waals surface area contributed by atoms with E-state index in [9.17, 15) is 0 Å². The van der Waals surface area contributed by atoms with Gasteiger partial charge in [0.15, 0.2) is 0 Å². The van der Waals surface area contributed by atoms with Gasteiger partial charge in [-0.15, -0.1) is 0 Å². The van der Waals surface area contributed by atoms with E-state index in [2.05, 4.69) is 0 Å². The number of hydrogen-bond donors (Lipinski definition) is 6. The van der Waals surface area contributed by atoms with Crippen LogP contribution in [-0.4, -0.2) is 57.4 Å². The quantitative estimate of drug-likeness (QED) is 0.240. The van der Waals surface area contributed by atoms with E-state index in [1.165, 1.54) is 0 Å². The molecule has 0 bridgehead atoms. The van der Waals surface area contributed by atoms with Crippen LogP contribution >= 0.6 is 0 Å². The number of carbonyl (C=O) groups is 4. The molecule has 0 saturated carbocycles. The van der Waals surface area contributed by atoms with Crippen molar-refractivity contribution in [2.75, 3.05) is 13.1 Å². The summed E-state index contributed by atoms with van der Waals surface area (Å²) in [7, 11) is 0. The van der Waals surface area contributed by atoms with Crippen LogP contribution in [-0.2, 0) is 36.2 Å². The molecule has 0 aromatic heterocycles. The first-order valence-corrected chi connectivity index (χ1v) is 5.03. The minimum absolute atomic E-state index is 0. The summed E-state index contributed by atoms with van der Waals surface area (Å²) in [5.41, 5.74) is 9.81. The standard InChI is InChI=1S/C2H8N2.4C2H4O2.Fe.K/c3-1-2-4;4*1-2(3)4;;/h1-4H2;4*1H3,(H,3,4);;/q;;;;;+3;+1. The van der Waals surface area contributed by atoms with E-state index in [0.29, 0.717) is 13.1 Å². The second-order valence-electron chi connectivity index (χ2n) is 2.65. The van der Waals surface area contributed by atoms with Gasteiger partial charge >= 0.3 is 68.5 Å². The van der Waals surface area contributed by atoms with Crippen molar-refractivity contribution in [2.45, 2.75) is 27.7 Å². The van der Waals surface area contributed by atoms with Gasteiger partial charge in [-0.25, -0.2) is 0 Å². The van der Waals surface area contributed by atoms with Crippen molar-refractivity contribution in [3.05, 3.63) is 0 Å². The molecule has 0 saturated heterocycles. The van der Waals surface area contributed by atoms with Gasteiger partial charge in [0.25, 0.3) is 23.9 Å². The number of hydrogen-bond acceptors (Lipinski definition) is 6. The van der Waals surface area contributed by atoms with Crippen LogP contribution in [0.5, 0.6) is 0 Å². The summed E-state index contributed by atoms with van der Waals surface area (Å²) >= 11 is 0. The van der Waals surface area contributed by atoms with E-state index in [1.807, 2.05) is 0 Å². The van der Waals surface area contributed by atoms with Crippen molar-refractivity contribution in [3.63, 3.8) is 0 Å². The second-order valence-corrected chi connectivity index (χ2v) is 2.65. The molecule has 0 aliphatic heterocycles. The molecule has 0 aromatic rings. The Labute approximate surface area is 182 Å². The van der Waals surface area contributed by atoms with Crippen LogP contribution in [0.2, 0.25) is 0 Å². The zero-order chi connectivity index (χ0) is 17.7. The fraction of sp³-hybridized carbons (Fsp3) is 0.600. The van der Waals surface area contributed by atoms with Crippen molar-refractivity contribution in [1.82, 2.24) is 0 Å². The van der Waals surface area contributed by atoms with Gasteiger partial charge < -0.3 is 31.9 Å². The molecule has 0 heterocycles. The summed E-state index contributed by atoms with van der Waals surface area (Å²) in [6.45, 7) is 5.53. The van der Waals surface area contributed by atoms with E-state index in [-0.39, 0.29) is 68.5 Å². The van der Waals surface area contributed by atoms with Gasteiger partial charge in [0.05, 0.1) is 0 Å². The van der Waals surface area contributed by atoms with Crippen LogP contribution in [0.4, 0.5) is 0 Å². The molecule has 127 valence electrons. The summed E-state index contributed by atoms with van der Waals surface area (Å²) in [6, 6.07) is 0. The van der Waals surface area contributed by atoms with Gasteiger partial charge in [-0.3, -0.25) is 19.2 Å². The van der Waals surface area contributed by atoms with Gasteiger partial charge in [-0.05, 0) is 0 Å². The number of carboxylic acids is 4. The van der Waals surface area contributed by atoms with Crippen LogP contribution in [0.15, 0.2) is 0 Å². The van der Waals surface area contributed by atoms with E-state index >= 15 is 0 Å². The predicted molar refractivity (Wildman–Crippen MR) is 71.3 cm³/mol. The smallest absolute Gasteiger partial charge is 0.481 e. The molecule has 0 aromatic carbocycles. The van der Waals surface area contributed by atoms with E-state index < -0.39 is 23.9 Å². The Bertz CT molecular complexity index is 201. The molecule has 0 unspecified atom stereocenters. The van der Waals surface area contributed by atoms with Crippen molar-refractivity contribution in [2.24, 2.45) is 11.5 Å². The molecule has 0 spiro atoms. The fourth-order valence-electron chi connectivity index (χ4n) is 0. The maximum Gasteiger partial charge on any atom is 3.00 e. The molecule has 0 aliphatic carbocycles. The van der Waals surface area contributed by atoms with Gasteiger partial charge in [0, 0.05) is 40.8 Å². The normalized spacial score (nSPS) is 5.91. The van der Waals surface area contributed by atoms with Gasteiger partial charge in [0.2, 0.25) is 0 Å². The zero-order valence-electron chi connectivity index (χ0n) is 13.3. The third-order valence-electron chi connectivity index (χ3n) is 0.167. The van der Waals surface area contributed by atoms with E-state index in [0.717, 1.165) is 27.7 Å². The van der Waals surface area contributed by atoms with Crippen LogP contribution < -0.4 is 62.9 Å². The average Bonchev–Trinajstić information content (AvgIpc) is 2.13. The van der Waals surface area contributed by atoms with E-state index in [1.54, 1.807) is 0 Å². The summed E-state index contributed by atoms with van der Waals surface area (Å²) in [4.78, 5) is 36.0. The molecule has 22 heavy (non-hydrogen) atoms. The fourth-order valence-corrected chi connectivity index (χ4v) is 0. The van der Waals surface area contributed by atoms with Crippen LogP contribution in [0, 0.1) is 0 Å². The molecule has 1 radical (unpaired) electrons. The minimum Gasteiger partial charge on any atom is -0.481 e. The Kier molecular flexibility index (Phi) is 84.0. The van der Waals surface area contributed by atoms with Gasteiger partial charge in [0.1, 0.15) is 0 Å². The Morgan fingerprint density at radius 3 is 0.682 bits per heavy atom. The first kappa shape index (κ1) is 43.1. The van der Waals surface area contributed by atoms with Crippen LogP contribution in [0.25, 0.3) is 0 Å². The molecule has 0 aliphatic rings. The minimum atomic E-state index is -0.833. The monoisotopic (exact) mass is 395 g/mol. The van der Waals surface area contributed by atoms with Crippen molar-refractivity contribution in [3.8, 4) is 0 Å². The molecule has 10 nitrogen and oxygen atoms in total. The second kappa shape index (κ2) is 42.8. The molecule has 0 fully saturated rings. The van der Waals surface area contributed by atoms with Crippen molar-refractivity contribution < 1.29 is 108 Å². The number of aliphatic carboxylic acids is 4. The number of nitrogens with two attached hydrogens (primary N) is 2. The molecule has 12 heteroatoms. The molecular weight excluding hydrogens is 371 g/mol. The maximum atomic E-state index is 9.00. The van der Waals surface area contributed by atoms with Crippen molar-refractivity contribution >= 4 is 23.9 Å². The zero-order valence-corrected chi connectivity index (χ0v) is 17.6. The Hall–Kier alpha value is -0.0442. The maximum absolute atomic E-state index is 9.00. The molecular formula is C10H24FeKN2O8+4. The Morgan fingerprint density at radius 2 is 0.682 bits per heavy atom.